The Bertz CT molecular complexity index is 252. The lowest BCUT2D eigenvalue weighted by atomic mass is 9.65. The molecule has 0 radical (unpaired) electrons. The summed E-state index contributed by atoms with van der Waals surface area (Å²) in [5.41, 5.74) is 1.12. The Balaban J connectivity index is 2.90. The van der Waals surface area contributed by atoms with Crippen molar-refractivity contribution in [2.45, 2.75) is 33.1 Å². The summed E-state index contributed by atoms with van der Waals surface area (Å²) >= 11 is 0. The van der Waals surface area contributed by atoms with Crippen LogP contribution in [0.3, 0.4) is 0 Å². The third kappa shape index (κ3) is 1.90. The van der Waals surface area contributed by atoms with Crippen molar-refractivity contribution >= 4 is 5.78 Å². The zero-order valence-electron chi connectivity index (χ0n) is 8.60. The van der Waals surface area contributed by atoms with Crippen LogP contribution in [-0.2, 0) is 4.79 Å². The molecule has 0 saturated heterocycles. The van der Waals surface area contributed by atoms with Crippen molar-refractivity contribution in [3.05, 3.63) is 24.8 Å². The molecule has 1 saturated carbocycles. The number of ketones is 1. The van der Waals surface area contributed by atoms with Crippen LogP contribution in [-0.4, -0.2) is 5.78 Å². The fourth-order valence-corrected chi connectivity index (χ4v) is 2.30. The quantitative estimate of drug-likeness (QED) is 0.594. The third-order valence-corrected chi connectivity index (χ3v) is 3.15. The van der Waals surface area contributed by atoms with E-state index in [0.717, 1.165) is 6.42 Å². The molecule has 0 aromatic carbocycles. The van der Waals surface area contributed by atoms with Crippen LogP contribution in [0.1, 0.15) is 33.1 Å². The van der Waals surface area contributed by atoms with Crippen LogP contribution in [0.15, 0.2) is 24.8 Å². The van der Waals surface area contributed by atoms with E-state index in [1.165, 1.54) is 5.57 Å². The van der Waals surface area contributed by atoms with Gasteiger partial charge in [0.15, 0.2) is 0 Å². The second kappa shape index (κ2) is 3.49. The highest BCUT2D eigenvalue weighted by molar-refractivity contribution is 5.80. The van der Waals surface area contributed by atoms with E-state index in [-0.39, 0.29) is 5.41 Å². The number of carbonyl (C=O) groups is 1. The lowest BCUT2D eigenvalue weighted by molar-refractivity contribution is -0.123. The van der Waals surface area contributed by atoms with Crippen LogP contribution in [0.25, 0.3) is 0 Å². The highest BCUT2D eigenvalue weighted by atomic mass is 16.1. The molecule has 72 valence electrons. The van der Waals surface area contributed by atoms with Gasteiger partial charge in [-0.1, -0.05) is 25.2 Å². The van der Waals surface area contributed by atoms with E-state index in [0.29, 0.717) is 24.5 Å². The molecule has 2 atom stereocenters. The van der Waals surface area contributed by atoms with Gasteiger partial charge < -0.3 is 0 Å². The first-order valence-electron chi connectivity index (χ1n) is 4.80. The monoisotopic (exact) mass is 178 g/mol. The fraction of sp³-hybridized carbons (Fsp3) is 0.583. The molecule has 0 spiro atoms. The van der Waals surface area contributed by atoms with E-state index in [2.05, 4.69) is 20.1 Å². The zero-order chi connectivity index (χ0) is 10.1. The van der Waals surface area contributed by atoms with Crippen molar-refractivity contribution in [1.82, 2.24) is 0 Å². The molecule has 0 bridgehead atoms. The normalized spacial score (nSPS) is 34.3. The maximum absolute atomic E-state index is 11.3. The average molecular weight is 178 g/mol. The zero-order valence-corrected chi connectivity index (χ0v) is 8.60. The van der Waals surface area contributed by atoms with E-state index in [9.17, 15) is 4.79 Å². The average Bonchev–Trinajstić information content (AvgIpc) is 2.03. The molecule has 1 nitrogen and oxygen atoms in total. The Labute approximate surface area is 80.5 Å². The highest BCUT2D eigenvalue weighted by Crippen LogP contribution is 2.43. The Morgan fingerprint density at radius 3 is 2.77 bits per heavy atom. The topological polar surface area (TPSA) is 17.1 Å². The Hall–Kier alpha value is -0.850. The first-order valence-corrected chi connectivity index (χ1v) is 4.80. The van der Waals surface area contributed by atoms with Crippen LogP contribution < -0.4 is 0 Å². The standard InChI is InChI=1S/C12H18O/c1-5-12(4)8-10(13)6-7-11(12)9(2)3/h5,11H,1-2,6-8H2,3-4H3/t11-,12+/m0/s1. The van der Waals surface area contributed by atoms with Gasteiger partial charge in [0.2, 0.25) is 0 Å². The molecule has 13 heavy (non-hydrogen) atoms. The molecule has 0 unspecified atom stereocenters. The van der Waals surface area contributed by atoms with Crippen molar-refractivity contribution in [2.75, 3.05) is 0 Å². The summed E-state index contributed by atoms with van der Waals surface area (Å²) in [5.74, 6) is 0.794. The minimum atomic E-state index is -0.0544. The third-order valence-electron chi connectivity index (χ3n) is 3.15. The van der Waals surface area contributed by atoms with Gasteiger partial charge in [-0.05, 0) is 24.7 Å². The molecule has 0 aromatic rings. The molecule has 1 aliphatic carbocycles. The van der Waals surface area contributed by atoms with E-state index in [1.54, 1.807) is 0 Å². The first-order chi connectivity index (χ1) is 5.99. The summed E-state index contributed by atoms with van der Waals surface area (Å²) in [6.07, 6.45) is 4.20. The SMILES string of the molecule is C=C[C@]1(C)CC(=O)CC[C@H]1C(=C)C. The molecule has 0 aromatic heterocycles. The van der Waals surface area contributed by atoms with Crippen molar-refractivity contribution in [1.29, 1.82) is 0 Å². The molecule has 1 heteroatoms. The Morgan fingerprint density at radius 2 is 2.31 bits per heavy atom. The summed E-state index contributed by atoms with van der Waals surface area (Å²) in [6, 6.07) is 0. The minimum absolute atomic E-state index is 0.0544. The summed E-state index contributed by atoms with van der Waals surface area (Å²) < 4.78 is 0. The van der Waals surface area contributed by atoms with Crippen LogP contribution >= 0.6 is 0 Å². The molecule has 1 aliphatic rings. The van der Waals surface area contributed by atoms with Crippen molar-refractivity contribution in [3.63, 3.8) is 0 Å². The Kier molecular flexibility index (Phi) is 2.74. The van der Waals surface area contributed by atoms with Crippen LogP contribution in [0.2, 0.25) is 0 Å². The second-order valence-corrected chi connectivity index (χ2v) is 4.36. The van der Waals surface area contributed by atoms with Gasteiger partial charge >= 0.3 is 0 Å². The summed E-state index contributed by atoms with van der Waals surface area (Å²) in [7, 11) is 0. The highest BCUT2D eigenvalue weighted by Gasteiger charge is 2.37. The molecule has 1 rings (SSSR count). The number of Topliss-reactive ketones (excluding diaryl/α,β-unsaturated/α-hetero) is 1. The molecular weight excluding hydrogens is 160 g/mol. The van der Waals surface area contributed by atoms with Crippen molar-refractivity contribution < 1.29 is 4.79 Å². The van der Waals surface area contributed by atoms with Gasteiger partial charge in [0, 0.05) is 12.8 Å². The first kappa shape index (κ1) is 10.2. The van der Waals surface area contributed by atoms with Crippen molar-refractivity contribution in [3.8, 4) is 0 Å². The van der Waals surface area contributed by atoms with Crippen LogP contribution in [0.4, 0.5) is 0 Å². The van der Waals surface area contributed by atoms with Gasteiger partial charge in [0.05, 0.1) is 0 Å². The van der Waals surface area contributed by atoms with Crippen LogP contribution in [0.5, 0.6) is 0 Å². The number of carbonyl (C=O) groups excluding carboxylic acids is 1. The van der Waals surface area contributed by atoms with E-state index < -0.39 is 0 Å². The molecule has 0 heterocycles. The van der Waals surface area contributed by atoms with Gasteiger partial charge in [-0.3, -0.25) is 4.79 Å². The Morgan fingerprint density at radius 1 is 1.69 bits per heavy atom. The van der Waals surface area contributed by atoms with E-state index >= 15 is 0 Å². The summed E-state index contributed by atoms with van der Waals surface area (Å²) in [5, 5.41) is 0. The van der Waals surface area contributed by atoms with Gasteiger partial charge in [0.1, 0.15) is 5.78 Å². The number of hydrogen-bond donors (Lipinski definition) is 0. The lowest BCUT2D eigenvalue weighted by Gasteiger charge is -2.38. The van der Waals surface area contributed by atoms with Crippen LogP contribution in [0, 0.1) is 11.3 Å². The summed E-state index contributed by atoms with van der Waals surface area (Å²) in [4.78, 5) is 11.3. The second-order valence-electron chi connectivity index (χ2n) is 4.36. The molecular formula is C12H18O. The molecule has 0 amide bonds. The maximum Gasteiger partial charge on any atom is 0.133 e. The van der Waals surface area contributed by atoms with Gasteiger partial charge in [-0.25, -0.2) is 0 Å². The van der Waals surface area contributed by atoms with Gasteiger partial charge in [-0.15, -0.1) is 6.58 Å². The van der Waals surface area contributed by atoms with Gasteiger partial charge in [0.25, 0.3) is 0 Å². The smallest absolute Gasteiger partial charge is 0.133 e. The maximum atomic E-state index is 11.3. The number of hydrogen-bond acceptors (Lipinski definition) is 1. The fourth-order valence-electron chi connectivity index (χ4n) is 2.30. The van der Waals surface area contributed by atoms with E-state index in [1.807, 2.05) is 13.0 Å². The number of allylic oxidation sites excluding steroid dienone is 2. The predicted octanol–water partition coefficient (Wildman–Crippen LogP) is 3.12. The molecule has 0 N–H and O–H groups in total. The minimum Gasteiger partial charge on any atom is -0.300 e. The van der Waals surface area contributed by atoms with E-state index in [4.69, 9.17) is 0 Å². The predicted molar refractivity (Wildman–Crippen MR) is 55.5 cm³/mol. The number of rotatable bonds is 2. The lowest BCUT2D eigenvalue weighted by Crippen LogP contribution is -2.33. The molecule has 1 fully saturated rings. The summed E-state index contributed by atoms with van der Waals surface area (Å²) in [6.45, 7) is 12.0. The van der Waals surface area contributed by atoms with Gasteiger partial charge in [-0.2, -0.15) is 0 Å². The van der Waals surface area contributed by atoms with Crippen molar-refractivity contribution in [2.24, 2.45) is 11.3 Å². The largest absolute Gasteiger partial charge is 0.300 e. The molecule has 0 aliphatic heterocycles.